The second kappa shape index (κ2) is 7.89. The summed E-state index contributed by atoms with van der Waals surface area (Å²) >= 11 is 0. The number of ketones is 1. The summed E-state index contributed by atoms with van der Waals surface area (Å²) < 4.78 is 0. The fourth-order valence-corrected chi connectivity index (χ4v) is 1.30. The van der Waals surface area contributed by atoms with Gasteiger partial charge in [0.25, 0.3) is 0 Å². The molecule has 4 nitrogen and oxygen atoms in total. The van der Waals surface area contributed by atoms with Crippen molar-refractivity contribution in [2.75, 3.05) is 6.54 Å². The lowest BCUT2D eigenvalue weighted by atomic mass is 10.1. The van der Waals surface area contributed by atoms with Crippen LogP contribution in [-0.2, 0) is 0 Å². The summed E-state index contributed by atoms with van der Waals surface area (Å²) in [6, 6.07) is 10.7. The van der Waals surface area contributed by atoms with Gasteiger partial charge in [-0.1, -0.05) is 29.8 Å². The summed E-state index contributed by atoms with van der Waals surface area (Å²) in [5, 5.41) is 0. The van der Waals surface area contributed by atoms with Gasteiger partial charge in [0, 0.05) is 23.5 Å². The third-order valence-electron chi connectivity index (χ3n) is 2.40. The fourth-order valence-electron chi connectivity index (χ4n) is 1.30. The molecule has 2 aromatic rings. The third-order valence-corrected chi connectivity index (χ3v) is 2.40. The molecule has 0 aliphatic carbocycles. The Balaban J connectivity index is 0.000000200. The van der Waals surface area contributed by atoms with Gasteiger partial charge in [-0.2, -0.15) is 0 Å². The summed E-state index contributed by atoms with van der Waals surface area (Å²) in [6.07, 6.45) is 3.97. The summed E-state index contributed by atoms with van der Waals surface area (Å²) in [7, 11) is 0. The van der Waals surface area contributed by atoms with Crippen molar-refractivity contribution in [2.24, 2.45) is 5.73 Å². The smallest absolute Gasteiger partial charge is 0.176 e. The molecule has 0 saturated heterocycles. The number of rotatable bonds is 3. The summed E-state index contributed by atoms with van der Waals surface area (Å²) in [4.78, 5) is 24.7. The maximum absolute atomic E-state index is 11.0. The standard InChI is InChI=1S/C9H11NO.C6H5NO/c1-7-2-4-8(5-3-7)9(11)6-10;8-5-6-1-3-7-4-2-6/h2-5H,6,10H2,1H3;1-5H. The summed E-state index contributed by atoms with van der Waals surface area (Å²) in [5.41, 5.74) is 7.70. The molecule has 0 aliphatic heterocycles. The van der Waals surface area contributed by atoms with Gasteiger partial charge in [0.05, 0.1) is 6.54 Å². The molecule has 0 bridgehead atoms. The first-order valence-electron chi connectivity index (χ1n) is 5.82. The molecule has 0 aliphatic rings. The maximum Gasteiger partial charge on any atom is 0.176 e. The van der Waals surface area contributed by atoms with E-state index in [0.717, 1.165) is 11.8 Å². The average molecular weight is 256 g/mol. The van der Waals surface area contributed by atoms with E-state index in [0.29, 0.717) is 11.1 Å². The maximum atomic E-state index is 11.0. The van der Waals surface area contributed by atoms with E-state index in [2.05, 4.69) is 4.98 Å². The van der Waals surface area contributed by atoms with Crippen molar-refractivity contribution in [3.05, 3.63) is 65.5 Å². The normalized spacial score (nSPS) is 9.16. The summed E-state index contributed by atoms with van der Waals surface area (Å²) in [6.45, 7) is 2.07. The zero-order chi connectivity index (χ0) is 14.1. The lowest BCUT2D eigenvalue weighted by Gasteiger charge is -1.96. The Kier molecular flexibility index (Phi) is 6.12. The van der Waals surface area contributed by atoms with Crippen LogP contribution in [-0.4, -0.2) is 23.6 Å². The van der Waals surface area contributed by atoms with Crippen molar-refractivity contribution in [1.82, 2.24) is 4.98 Å². The Morgan fingerprint density at radius 3 is 2.16 bits per heavy atom. The molecular weight excluding hydrogens is 240 g/mol. The van der Waals surface area contributed by atoms with Crippen molar-refractivity contribution in [1.29, 1.82) is 0 Å². The van der Waals surface area contributed by atoms with Gasteiger partial charge in [-0.25, -0.2) is 0 Å². The second-order valence-electron chi connectivity index (χ2n) is 3.89. The SMILES string of the molecule is Cc1ccc(C(=O)CN)cc1.O=Cc1ccncc1. The topological polar surface area (TPSA) is 73.1 Å². The molecular formula is C15H16N2O2. The van der Waals surface area contributed by atoms with Crippen LogP contribution in [0, 0.1) is 6.92 Å². The van der Waals surface area contributed by atoms with E-state index >= 15 is 0 Å². The molecule has 19 heavy (non-hydrogen) atoms. The number of benzene rings is 1. The first-order chi connectivity index (χ1) is 9.17. The molecule has 1 heterocycles. The van der Waals surface area contributed by atoms with Crippen molar-refractivity contribution in [3.63, 3.8) is 0 Å². The van der Waals surface area contributed by atoms with Gasteiger partial charge in [0.15, 0.2) is 5.78 Å². The van der Waals surface area contributed by atoms with Crippen molar-refractivity contribution in [3.8, 4) is 0 Å². The molecule has 98 valence electrons. The first-order valence-corrected chi connectivity index (χ1v) is 5.82. The summed E-state index contributed by atoms with van der Waals surface area (Å²) in [5.74, 6) is -0.00926. The van der Waals surface area contributed by atoms with Crippen LogP contribution in [0.5, 0.6) is 0 Å². The van der Waals surface area contributed by atoms with Gasteiger partial charge in [-0.05, 0) is 19.1 Å². The number of carbonyl (C=O) groups is 2. The van der Waals surface area contributed by atoms with E-state index in [1.165, 1.54) is 0 Å². The minimum atomic E-state index is -0.00926. The highest BCUT2D eigenvalue weighted by Gasteiger charge is 2.00. The van der Waals surface area contributed by atoms with E-state index in [1.54, 1.807) is 36.7 Å². The van der Waals surface area contributed by atoms with Gasteiger partial charge >= 0.3 is 0 Å². The molecule has 0 unspecified atom stereocenters. The quantitative estimate of drug-likeness (QED) is 0.673. The Morgan fingerprint density at radius 2 is 1.74 bits per heavy atom. The number of pyridine rings is 1. The van der Waals surface area contributed by atoms with Gasteiger partial charge in [0.2, 0.25) is 0 Å². The van der Waals surface area contributed by atoms with Crippen LogP contribution in [0.1, 0.15) is 26.3 Å². The van der Waals surface area contributed by atoms with E-state index < -0.39 is 0 Å². The average Bonchev–Trinajstić information content (AvgIpc) is 2.48. The zero-order valence-electron chi connectivity index (χ0n) is 10.7. The lowest BCUT2D eigenvalue weighted by molar-refractivity contribution is 0.100. The fraction of sp³-hybridized carbons (Fsp3) is 0.133. The van der Waals surface area contributed by atoms with Gasteiger partial charge in [-0.3, -0.25) is 14.6 Å². The van der Waals surface area contributed by atoms with Crippen LogP contribution in [0.15, 0.2) is 48.8 Å². The van der Waals surface area contributed by atoms with E-state index in [4.69, 9.17) is 5.73 Å². The molecule has 0 saturated carbocycles. The van der Waals surface area contributed by atoms with Crippen LogP contribution < -0.4 is 5.73 Å². The molecule has 0 atom stereocenters. The van der Waals surface area contributed by atoms with Crippen LogP contribution in [0.3, 0.4) is 0 Å². The highest BCUT2D eigenvalue weighted by molar-refractivity contribution is 5.97. The number of nitrogens with zero attached hydrogens (tertiary/aromatic N) is 1. The highest BCUT2D eigenvalue weighted by Crippen LogP contribution is 2.02. The first kappa shape index (κ1) is 14.7. The van der Waals surface area contributed by atoms with Crippen molar-refractivity contribution >= 4 is 12.1 Å². The number of hydrogen-bond acceptors (Lipinski definition) is 4. The number of carbonyl (C=O) groups excluding carboxylic acids is 2. The van der Waals surface area contributed by atoms with E-state index in [9.17, 15) is 9.59 Å². The van der Waals surface area contributed by atoms with E-state index in [1.807, 2.05) is 19.1 Å². The molecule has 1 aromatic carbocycles. The monoisotopic (exact) mass is 256 g/mol. The van der Waals surface area contributed by atoms with Gasteiger partial charge in [0.1, 0.15) is 6.29 Å². The Labute approximate surface area is 112 Å². The Hall–Kier alpha value is -2.33. The molecule has 2 rings (SSSR count). The lowest BCUT2D eigenvalue weighted by Crippen LogP contribution is -2.13. The minimum Gasteiger partial charge on any atom is -0.324 e. The number of aromatic nitrogens is 1. The number of aryl methyl sites for hydroxylation is 1. The zero-order valence-corrected chi connectivity index (χ0v) is 10.7. The second-order valence-corrected chi connectivity index (χ2v) is 3.89. The third kappa shape index (κ3) is 5.23. The number of Topliss-reactive ketones (excluding diaryl/α,β-unsaturated/α-hetero) is 1. The van der Waals surface area contributed by atoms with Crippen LogP contribution >= 0.6 is 0 Å². The van der Waals surface area contributed by atoms with Crippen LogP contribution in [0.2, 0.25) is 0 Å². The van der Waals surface area contributed by atoms with Crippen molar-refractivity contribution in [2.45, 2.75) is 6.92 Å². The molecule has 4 heteroatoms. The Bertz CT molecular complexity index is 522. The number of hydrogen-bond donors (Lipinski definition) is 1. The number of aldehydes is 1. The minimum absolute atomic E-state index is 0.00926. The molecule has 0 amide bonds. The Morgan fingerprint density at radius 1 is 1.16 bits per heavy atom. The molecule has 2 N–H and O–H groups in total. The largest absolute Gasteiger partial charge is 0.324 e. The predicted molar refractivity (Wildman–Crippen MR) is 74.2 cm³/mol. The molecule has 0 spiro atoms. The van der Waals surface area contributed by atoms with Crippen LogP contribution in [0.25, 0.3) is 0 Å². The van der Waals surface area contributed by atoms with Gasteiger partial charge in [-0.15, -0.1) is 0 Å². The van der Waals surface area contributed by atoms with E-state index in [-0.39, 0.29) is 12.3 Å². The molecule has 0 fully saturated rings. The van der Waals surface area contributed by atoms with Crippen molar-refractivity contribution < 1.29 is 9.59 Å². The molecule has 0 radical (unpaired) electrons. The van der Waals surface area contributed by atoms with Gasteiger partial charge < -0.3 is 5.73 Å². The van der Waals surface area contributed by atoms with Crippen LogP contribution in [0.4, 0.5) is 0 Å². The molecule has 1 aromatic heterocycles. The number of nitrogens with two attached hydrogens (primary N) is 1. The highest BCUT2D eigenvalue weighted by atomic mass is 16.1. The predicted octanol–water partition coefficient (Wildman–Crippen LogP) is 2.03.